The van der Waals surface area contributed by atoms with Crippen molar-refractivity contribution >= 4 is 17.9 Å². The maximum absolute atomic E-state index is 13.0. The van der Waals surface area contributed by atoms with Crippen LogP contribution < -0.4 is 0 Å². The van der Waals surface area contributed by atoms with Crippen LogP contribution in [0.25, 0.3) is 0 Å². The highest BCUT2D eigenvalue weighted by Crippen LogP contribution is 2.17. The Labute approximate surface area is 514 Å². The van der Waals surface area contributed by atoms with Gasteiger partial charge in [-0.15, -0.1) is 0 Å². The number of hydrogen-bond acceptors (Lipinski definition) is 6. The van der Waals surface area contributed by atoms with E-state index in [0.29, 0.717) is 19.3 Å². The van der Waals surface area contributed by atoms with E-state index in [1.165, 1.54) is 173 Å². The largest absolute Gasteiger partial charge is 0.462 e. The molecule has 0 amide bonds. The lowest BCUT2D eigenvalue weighted by molar-refractivity contribution is -0.167. The molecule has 0 aromatic carbocycles. The summed E-state index contributed by atoms with van der Waals surface area (Å²) in [6.07, 6.45) is 96.7. The molecule has 0 spiro atoms. The standard InChI is InChI=1S/C77H132O6/c1-4-7-10-13-16-19-22-25-28-31-33-35-36-37-38-39-40-42-43-46-49-52-55-58-61-64-67-70-76(79)82-73-74(72-81-75(78)69-66-63-60-57-54-51-48-45-30-27-24-21-18-15-12-9-6-3)83-77(80)71-68-65-62-59-56-53-50-47-44-41-34-32-29-26-23-20-17-14-11-8-5-2/h7,10,16,19,23,25-26,28,32-35,37-38,40,42,44,47,74H,4-6,8-9,11-15,17-18,20-22,24,27,29-31,36,39,41,43,45-46,48-73H2,1-3H3/b10-7-,19-16-,26-23-,28-25-,34-32-,35-33-,38-37-,42-40-,47-44-. The van der Waals surface area contributed by atoms with Crippen molar-refractivity contribution in [3.05, 3.63) is 109 Å². The van der Waals surface area contributed by atoms with Gasteiger partial charge in [-0.2, -0.15) is 0 Å². The highest BCUT2D eigenvalue weighted by Gasteiger charge is 2.19. The molecule has 0 aromatic rings. The van der Waals surface area contributed by atoms with Crippen molar-refractivity contribution in [1.82, 2.24) is 0 Å². The summed E-state index contributed by atoms with van der Waals surface area (Å²) in [4.78, 5) is 38.5. The smallest absolute Gasteiger partial charge is 0.306 e. The summed E-state index contributed by atoms with van der Waals surface area (Å²) in [5.41, 5.74) is 0. The van der Waals surface area contributed by atoms with E-state index >= 15 is 0 Å². The molecular weight excluding hydrogens is 1020 g/mol. The Balaban J connectivity index is 4.40. The van der Waals surface area contributed by atoms with Gasteiger partial charge in [-0.05, 0) is 109 Å². The molecular formula is C77H132O6. The number of allylic oxidation sites excluding steroid dienone is 18. The minimum Gasteiger partial charge on any atom is -0.462 e. The van der Waals surface area contributed by atoms with Gasteiger partial charge in [0.25, 0.3) is 0 Å². The molecule has 0 N–H and O–H groups in total. The third kappa shape index (κ3) is 68.7. The summed E-state index contributed by atoms with van der Waals surface area (Å²) in [7, 11) is 0. The number of hydrogen-bond donors (Lipinski definition) is 0. The second kappa shape index (κ2) is 70.6. The Bertz CT molecular complexity index is 1660. The average Bonchev–Trinajstić information content (AvgIpc) is 3.49. The van der Waals surface area contributed by atoms with E-state index < -0.39 is 6.10 Å². The predicted octanol–water partition coefficient (Wildman–Crippen LogP) is 24.6. The molecule has 0 aromatic heterocycles. The van der Waals surface area contributed by atoms with Crippen LogP contribution in [0, 0.1) is 0 Å². The van der Waals surface area contributed by atoms with Crippen molar-refractivity contribution in [3.8, 4) is 0 Å². The summed E-state index contributed by atoms with van der Waals surface area (Å²) in [5.74, 6) is -0.890. The van der Waals surface area contributed by atoms with E-state index in [1.807, 2.05) is 0 Å². The maximum atomic E-state index is 13.0. The van der Waals surface area contributed by atoms with E-state index in [4.69, 9.17) is 14.2 Å². The van der Waals surface area contributed by atoms with Crippen molar-refractivity contribution in [2.75, 3.05) is 13.2 Å². The summed E-state index contributed by atoms with van der Waals surface area (Å²) in [6, 6.07) is 0. The summed E-state index contributed by atoms with van der Waals surface area (Å²) < 4.78 is 17.0. The highest BCUT2D eigenvalue weighted by atomic mass is 16.6. The monoisotopic (exact) mass is 1150 g/mol. The molecule has 6 heteroatoms. The Morgan fingerprint density at radius 2 is 0.470 bits per heavy atom. The number of esters is 3. The van der Waals surface area contributed by atoms with Gasteiger partial charge in [-0.3, -0.25) is 14.4 Å². The highest BCUT2D eigenvalue weighted by molar-refractivity contribution is 5.71. The van der Waals surface area contributed by atoms with E-state index in [0.717, 1.165) is 128 Å². The van der Waals surface area contributed by atoms with Gasteiger partial charge in [0.05, 0.1) is 0 Å². The molecule has 0 rings (SSSR count). The topological polar surface area (TPSA) is 78.9 Å². The molecule has 1 atom stereocenters. The number of rotatable bonds is 64. The molecule has 0 saturated carbocycles. The molecule has 83 heavy (non-hydrogen) atoms. The first-order chi connectivity index (χ1) is 41.0. The fourth-order valence-electron chi connectivity index (χ4n) is 9.99. The molecule has 0 fully saturated rings. The molecule has 0 saturated heterocycles. The van der Waals surface area contributed by atoms with Crippen LogP contribution in [0.5, 0.6) is 0 Å². The Hall–Kier alpha value is -3.93. The number of ether oxygens (including phenoxy) is 3. The molecule has 0 aliphatic rings. The third-order valence-electron chi connectivity index (χ3n) is 15.3. The Morgan fingerprint density at radius 1 is 0.253 bits per heavy atom. The third-order valence-corrected chi connectivity index (χ3v) is 15.3. The van der Waals surface area contributed by atoms with Gasteiger partial charge in [-0.1, -0.05) is 323 Å². The normalized spacial score (nSPS) is 12.8. The van der Waals surface area contributed by atoms with Crippen LogP contribution in [0.3, 0.4) is 0 Å². The van der Waals surface area contributed by atoms with Crippen LogP contribution in [-0.4, -0.2) is 37.2 Å². The lowest BCUT2D eigenvalue weighted by atomic mass is 10.0. The lowest BCUT2D eigenvalue weighted by Gasteiger charge is -2.18. The van der Waals surface area contributed by atoms with Gasteiger partial charge < -0.3 is 14.2 Å². The van der Waals surface area contributed by atoms with Gasteiger partial charge >= 0.3 is 17.9 Å². The van der Waals surface area contributed by atoms with Crippen molar-refractivity contribution in [1.29, 1.82) is 0 Å². The first-order valence-corrected chi connectivity index (χ1v) is 35.4. The fraction of sp³-hybridized carbons (Fsp3) is 0.727. The predicted molar refractivity (Wildman–Crippen MR) is 362 cm³/mol. The van der Waals surface area contributed by atoms with E-state index in [1.54, 1.807) is 0 Å². The molecule has 476 valence electrons. The van der Waals surface area contributed by atoms with E-state index in [-0.39, 0.29) is 31.1 Å². The number of carbonyl (C=O) groups is 3. The molecule has 6 nitrogen and oxygen atoms in total. The zero-order valence-electron chi connectivity index (χ0n) is 54.7. The van der Waals surface area contributed by atoms with Crippen LogP contribution >= 0.6 is 0 Å². The Kier molecular flexibility index (Phi) is 67.2. The van der Waals surface area contributed by atoms with E-state index in [2.05, 4.69) is 130 Å². The van der Waals surface area contributed by atoms with Gasteiger partial charge in [0.1, 0.15) is 13.2 Å². The van der Waals surface area contributed by atoms with E-state index in [9.17, 15) is 14.4 Å². The van der Waals surface area contributed by atoms with Crippen LogP contribution in [0.2, 0.25) is 0 Å². The number of carbonyl (C=O) groups excluding carboxylic acids is 3. The minimum atomic E-state index is -0.791. The van der Waals surface area contributed by atoms with Crippen LogP contribution in [0.4, 0.5) is 0 Å². The van der Waals surface area contributed by atoms with Crippen molar-refractivity contribution in [2.24, 2.45) is 0 Å². The maximum Gasteiger partial charge on any atom is 0.306 e. The van der Waals surface area contributed by atoms with Crippen molar-refractivity contribution < 1.29 is 28.6 Å². The molecule has 0 bridgehead atoms. The quantitative estimate of drug-likeness (QED) is 0.0261. The Morgan fingerprint density at radius 3 is 0.735 bits per heavy atom. The zero-order chi connectivity index (χ0) is 59.9. The fourth-order valence-corrected chi connectivity index (χ4v) is 9.99. The molecule has 0 aliphatic heterocycles. The molecule has 0 radical (unpaired) electrons. The van der Waals surface area contributed by atoms with Gasteiger partial charge in [0.15, 0.2) is 6.10 Å². The summed E-state index contributed by atoms with van der Waals surface area (Å²) in [5, 5.41) is 0. The second-order valence-electron chi connectivity index (χ2n) is 23.4. The van der Waals surface area contributed by atoms with Gasteiger partial charge in [0, 0.05) is 19.3 Å². The summed E-state index contributed by atoms with van der Waals surface area (Å²) >= 11 is 0. The summed E-state index contributed by atoms with van der Waals surface area (Å²) in [6.45, 7) is 6.54. The molecule has 0 aliphatic carbocycles. The minimum absolute atomic E-state index is 0.0837. The molecule has 0 heterocycles. The van der Waals surface area contributed by atoms with Crippen molar-refractivity contribution in [2.45, 2.75) is 348 Å². The van der Waals surface area contributed by atoms with Crippen LogP contribution in [-0.2, 0) is 28.6 Å². The second-order valence-corrected chi connectivity index (χ2v) is 23.4. The lowest BCUT2D eigenvalue weighted by Crippen LogP contribution is -2.30. The van der Waals surface area contributed by atoms with Crippen LogP contribution in [0.15, 0.2) is 109 Å². The van der Waals surface area contributed by atoms with Crippen LogP contribution in [0.1, 0.15) is 342 Å². The molecule has 1 unspecified atom stereocenters. The van der Waals surface area contributed by atoms with Crippen molar-refractivity contribution in [3.63, 3.8) is 0 Å². The SMILES string of the molecule is CC/C=C\C/C=C\C/C=C\C/C=C\C/C=C\C/C=C\CCCCCCCCCCC(=O)OCC(COC(=O)CCCCCCCCCCCCCCCCCCC)OC(=O)CCCCCCCC/C=C\C/C=C\C/C=C\CCCCCCC. The van der Waals surface area contributed by atoms with Gasteiger partial charge in [-0.25, -0.2) is 0 Å². The zero-order valence-corrected chi connectivity index (χ0v) is 54.7. The average molecular weight is 1150 g/mol. The first kappa shape index (κ1) is 79.1. The number of unbranched alkanes of at least 4 members (excludes halogenated alkanes) is 35. The van der Waals surface area contributed by atoms with Gasteiger partial charge in [0.2, 0.25) is 0 Å². The first-order valence-electron chi connectivity index (χ1n) is 35.4.